The number of allylic oxidation sites excluding steroid dienone is 4. The van der Waals surface area contributed by atoms with Crippen molar-refractivity contribution in [3.8, 4) is 0 Å². The van der Waals surface area contributed by atoms with Crippen molar-refractivity contribution in [1.29, 1.82) is 0 Å². The lowest BCUT2D eigenvalue weighted by Crippen LogP contribution is -2.65. The highest BCUT2D eigenvalue weighted by Crippen LogP contribution is 2.70. The van der Waals surface area contributed by atoms with Crippen LogP contribution in [0.15, 0.2) is 52.0 Å². The lowest BCUT2D eigenvalue weighted by Gasteiger charge is -2.56. The molecular formula is C29H34F4O2S. The minimum absolute atomic E-state index is 0.0749. The molecule has 4 aliphatic rings. The summed E-state index contributed by atoms with van der Waals surface area (Å²) in [4.78, 5) is 13.3. The van der Waals surface area contributed by atoms with E-state index in [0.29, 0.717) is 25.7 Å². The van der Waals surface area contributed by atoms with Crippen LogP contribution in [0.4, 0.5) is 17.6 Å². The van der Waals surface area contributed by atoms with E-state index in [4.69, 9.17) is 0 Å². The summed E-state index contributed by atoms with van der Waals surface area (Å²) in [6.07, 6.45) is 4.29. The third kappa shape index (κ3) is 3.66. The number of hydrogen-bond acceptors (Lipinski definition) is 3. The van der Waals surface area contributed by atoms with Crippen LogP contribution >= 0.6 is 11.8 Å². The van der Waals surface area contributed by atoms with Crippen LogP contribution in [0.5, 0.6) is 0 Å². The second-order valence-corrected chi connectivity index (χ2v) is 12.7. The fraction of sp³-hybridized carbons (Fsp3) is 0.621. The van der Waals surface area contributed by atoms with Gasteiger partial charge in [-0.05, 0) is 91.0 Å². The maximum Gasteiger partial charge on any atom is 0.338 e. The SMILES string of the molecule is CCSc1ccc(C2CC3(C)C(CCC3(O)C(F)(F)C(C)(F)F)C3CCC4=CC(=O)CCC4=C23)cc1. The van der Waals surface area contributed by atoms with E-state index in [1.807, 2.05) is 24.3 Å². The molecule has 196 valence electrons. The van der Waals surface area contributed by atoms with Gasteiger partial charge >= 0.3 is 11.8 Å². The topological polar surface area (TPSA) is 37.3 Å². The molecule has 4 aliphatic carbocycles. The molecule has 0 amide bonds. The normalized spacial score (nSPS) is 34.7. The number of halogens is 4. The molecule has 1 N–H and O–H groups in total. The highest BCUT2D eigenvalue weighted by atomic mass is 32.2. The summed E-state index contributed by atoms with van der Waals surface area (Å²) in [6, 6.07) is 8.09. The quantitative estimate of drug-likeness (QED) is 0.318. The first-order valence-electron chi connectivity index (χ1n) is 13.0. The Morgan fingerprint density at radius 1 is 1.08 bits per heavy atom. The van der Waals surface area contributed by atoms with Gasteiger partial charge in [-0.25, -0.2) is 8.78 Å². The van der Waals surface area contributed by atoms with Gasteiger partial charge in [0.05, 0.1) is 0 Å². The van der Waals surface area contributed by atoms with E-state index in [2.05, 4.69) is 6.92 Å². The number of carbonyl (C=O) groups is 1. The Morgan fingerprint density at radius 2 is 1.78 bits per heavy atom. The molecule has 1 aromatic carbocycles. The van der Waals surface area contributed by atoms with Crippen molar-refractivity contribution in [3.05, 3.63) is 52.6 Å². The predicted octanol–water partition coefficient (Wildman–Crippen LogP) is 7.72. The summed E-state index contributed by atoms with van der Waals surface area (Å²) in [5.41, 5.74) is 0.179. The number of aliphatic hydroxyl groups is 1. The maximum atomic E-state index is 15.4. The van der Waals surface area contributed by atoms with Gasteiger partial charge in [-0.1, -0.05) is 31.6 Å². The van der Waals surface area contributed by atoms with Crippen LogP contribution in [0.2, 0.25) is 0 Å². The summed E-state index contributed by atoms with van der Waals surface area (Å²) in [6.45, 7) is 3.91. The highest BCUT2D eigenvalue weighted by molar-refractivity contribution is 7.99. The largest absolute Gasteiger partial charge is 0.383 e. The number of hydrogen-bond donors (Lipinski definition) is 1. The molecule has 7 heteroatoms. The molecule has 36 heavy (non-hydrogen) atoms. The predicted molar refractivity (Wildman–Crippen MR) is 134 cm³/mol. The van der Waals surface area contributed by atoms with Crippen molar-refractivity contribution in [3.63, 3.8) is 0 Å². The fourth-order valence-corrected chi connectivity index (χ4v) is 8.47. The number of thioether (sulfide) groups is 1. The third-order valence-electron chi connectivity index (χ3n) is 9.55. The van der Waals surface area contributed by atoms with Crippen LogP contribution in [-0.4, -0.2) is 34.1 Å². The van der Waals surface area contributed by atoms with Gasteiger partial charge in [-0.15, -0.1) is 11.8 Å². The lowest BCUT2D eigenvalue weighted by molar-refractivity contribution is -0.315. The number of ketones is 1. The molecule has 2 fully saturated rings. The molecule has 0 radical (unpaired) electrons. The Bertz CT molecular complexity index is 1120. The van der Waals surface area contributed by atoms with Crippen LogP contribution in [0.25, 0.3) is 0 Å². The molecule has 0 aromatic heterocycles. The van der Waals surface area contributed by atoms with E-state index < -0.39 is 22.9 Å². The highest BCUT2D eigenvalue weighted by Gasteiger charge is 2.76. The number of carbonyl (C=O) groups excluding carboxylic acids is 1. The number of fused-ring (bicyclic) bond motifs is 4. The Morgan fingerprint density at radius 3 is 2.42 bits per heavy atom. The molecule has 0 saturated heterocycles. The van der Waals surface area contributed by atoms with E-state index >= 15 is 8.78 Å². The molecule has 5 rings (SSSR count). The Kier molecular flexibility index (Phi) is 6.31. The summed E-state index contributed by atoms with van der Waals surface area (Å²) in [5, 5.41) is 11.5. The molecule has 0 spiro atoms. The van der Waals surface area contributed by atoms with E-state index in [-0.39, 0.29) is 49.7 Å². The number of alkyl halides is 4. The average Bonchev–Trinajstić information content (AvgIpc) is 3.10. The first-order chi connectivity index (χ1) is 16.8. The molecule has 2 saturated carbocycles. The molecule has 0 bridgehead atoms. The zero-order valence-corrected chi connectivity index (χ0v) is 21.9. The van der Waals surface area contributed by atoms with Crippen LogP contribution in [-0.2, 0) is 4.79 Å². The third-order valence-corrected chi connectivity index (χ3v) is 10.4. The Labute approximate surface area is 214 Å². The first kappa shape index (κ1) is 26.0. The van der Waals surface area contributed by atoms with Gasteiger partial charge < -0.3 is 5.11 Å². The Balaban J connectivity index is 1.67. The maximum absolute atomic E-state index is 15.4. The van der Waals surface area contributed by atoms with Crippen molar-refractivity contribution in [2.45, 2.75) is 94.0 Å². The monoisotopic (exact) mass is 522 g/mol. The summed E-state index contributed by atoms with van der Waals surface area (Å²) < 4.78 is 59.3. The van der Waals surface area contributed by atoms with Crippen molar-refractivity contribution in [2.24, 2.45) is 17.3 Å². The lowest BCUT2D eigenvalue weighted by atomic mass is 9.50. The van der Waals surface area contributed by atoms with E-state index in [9.17, 15) is 18.7 Å². The second kappa shape index (κ2) is 8.72. The van der Waals surface area contributed by atoms with Crippen LogP contribution in [0.1, 0.15) is 77.2 Å². The molecule has 0 heterocycles. The van der Waals surface area contributed by atoms with Crippen molar-refractivity contribution in [1.82, 2.24) is 0 Å². The van der Waals surface area contributed by atoms with Crippen LogP contribution in [0.3, 0.4) is 0 Å². The second-order valence-electron chi connectivity index (χ2n) is 11.4. The van der Waals surface area contributed by atoms with Crippen molar-refractivity contribution < 1.29 is 27.5 Å². The van der Waals surface area contributed by atoms with Crippen LogP contribution < -0.4 is 0 Å². The van der Waals surface area contributed by atoms with Gasteiger partial charge in [0.1, 0.15) is 5.60 Å². The van der Waals surface area contributed by atoms with Gasteiger partial charge in [-0.2, -0.15) is 8.78 Å². The standard InChI is InChI=1S/C29H34F4O2S/c1-4-36-20-9-5-17(6-10-20)23-16-26(2)24(13-14-28(26,35)29(32,33)27(3,30)31)22-11-7-18-15-19(34)8-12-21(18)25(22)23/h5-6,9-10,15,22-24,35H,4,7-8,11-14,16H2,1-3H3. The molecule has 5 atom stereocenters. The molecule has 1 aromatic rings. The molecular weight excluding hydrogens is 488 g/mol. The average molecular weight is 523 g/mol. The van der Waals surface area contributed by atoms with E-state index in [0.717, 1.165) is 27.4 Å². The molecule has 2 nitrogen and oxygen atoms in total. The van der Waals surface area contributed by atoms with E-state index in [1.54, 1.807) is 24.8 Å². The van der Waals surface area contributed by atoms with Crippen molar-refractivity contribution in [2.75, 3.05) is 5.75 Å². The van der Waals surface area contributed by atoms with Crippen LogP contribution in [0, 0.1) is 17.3 Å². The smallest absolute Gasteiger partial charge is 0.338 e. The van der Waals surface area contributed by atoms with Gasteiger partial charge in [0.25, 0.3) is 0 Å². The summed E-state index contributed by atoms with van der Waals surface area (Å²) in [5.74, 6) is -8.50. The van der Waals surface area contributed by atoms with Gasteiger partial charge in [-0.3, -0.25) is 4.79 Å². The zero-order chi connectivity index (χ0) is 26.1. The summed E-state index contributed by atoms with van der Waals surface area (Å²) in [7, 11) is 0. The fourth-order valence-electron chi connectivity index (χ4n) is 7.81. The molecule has 0 aliphatic heterocycles. The summed E-state index contributed by atoms with van der Waals surface area (Å²) >= 11 is 1.71. The van der Waals surface area contributed by atoms with Gasteiger partial charge in [0.2, 0.25) is 0 Å². The first-order valence-corrected chi connectivity index (χ1v) is 14.0. The Hall–Kier alpha value is -1.60. The zero-order valence-electron chi connectivity index (χ0n) is 21.1. The van der Waals surface area contributed by atoms with Gasteiger partial charge in [0.15, 0.2) is 5.78 Å². The number of rotatable bonds is 5. The minimum Gasteiger partial charge on any atom is -0.383 e. The van der Waals surface area contributed by atoms with E-state index in [1.165, 1.54) is 5.57 Å². The van der Waals surface area contributed by atoms with Crippen molar-refractivity contribution >= 4 is 17.5 Å². The number of benzene rings is 1. The molecule has 5 unspecified atom stereocenters. The minimum atomic E-state index is -4.54. The van der Waals surface area contributed by atoms with Gasteiger partial charge in [0, 0.05) is 29.6 Å².